The highest BCUT2D eigenvalue weighted by atomic mass is 32.2. The molecule has 1 spiro atoms. The minimum Gasteiger partial charge on any atom is -0.372 e. The lowest BCUT2D eigenvalue weighted by Gasteiger charge is -2.33. The van der Waals surface area contributed by atoms with E-state index in [4.69, 9.17) is 9.47 Å². The van der Waals surface area contributed by atoms with Crippen LogP contribution in [0.1, 0.15) is 44.9 Å². The maximum Gasteiger partial charge on any atom is 0.150 e. The Hall–Kier alpha value is -0.170. The van der Waals surface area contributed by atoms with Crippen molar-refractivity contribution in [1.29, 1.82) is 0 Å². The average Bonchev–Trinajstić information content (AvgIpc) is 2.81. The first-order valence-corrected chi connectivity index (χ1v) is 10.1. The monoisotopic (exact) mass is 317 g/mol. The first-order chi connectivity index (χ1) is 9.97. The molecule has 0 radical (unpaired) electrons. The first kappa shape index (κ1) is 15.7. The molecule has 1 aliphatic carbocycles. The zero-order chi connectivity index (χ0) is 14.9. The van der Waals surface area contributed by atoms with E-state index in [-0.39, 0.29) is 23.1 Å². The molecule has 0 amide bonds. The predicted octanol–water partition coefficient (Wildman–Crippen LogP) is 1.27. The molecule has 5 nitrogen and oxygen atoms in total. The summed E-state index contributed by atoms with van der Waals surface area (Å²) in [5.41, 5.74) is 0.0147. The molecule has 0 aromatic carbocycles. The van der Waals surface area contributed by atoms with Crippen molar-refractivity contribution in [2.24, 2.45) is 0 Å². The van der Waals surface area contributed by atoms with Gasteiger partial charge in [-0.05, 0) is 51.6 Å². The van der Waals surface area contributed by atoms with E-state index in [1.807, 2.05) is 0 Å². The van der Waals surface area contributed by atoms with Gasteiger partial charge in [0.05, 0.1) is 29.7 Å². The second-order valence-electron chi connectivity index (χ2n) is 6.95. The van der Waals surface area contributed by atoms with Crippen LogP contribution in [0.3, 0.4) is 0 Å². The van der Waals surface area contributed by atoms with Gasteiger partial charge in [-0.3, -0.25) is 0 Å². The van der Waals surface area contributed by atoms with E-state index in [1.54, 1.807) is 0 Å². The Morgan fingerprint density at radius 1 is 1.19 bits per heavy atom. The highest BCUT2D eigenvalue weighted by Crippen LogP contribution is 2.37. The van der Waals surface area contributed by atoms with Gasteiger partial charge in [0.1, 0.15) is 9.84 Å². The van der Waals surface area contributed by atoms with Crippen LogP contribution in [0.15, 0.2) is 0 Å². The van der Waals surface area contributed by atoms with Gasteiger partial charge in [0.25, 0.3) is 0 Å². The first-order valence-electron chi connectivity index (χ1n) is 8.16. The highest BCUT2D eigenvalue weighted by Gasteiger charge is 2.42. The van der Waals surface area contributed by atoms with Crippen molar-refractivity contribution in [3.63, 3.8) is 0 Å². The van der Waals surface area contributed by atoms with Crippen molar-refractivity contribution in [3.8, 4) is 0 Å². The summed E-state index contributed by atoms with van der Waals surface area (Å²) in [6.07, 6.45) is 8.04. The van der Waals surface area contributed by atoms with E-state index in [0.29, 0.717) is 13.0 Å². The Kier molecular flexibility index (Phi) is 4.60. The van der Waals surface area contributed by atoms with Gasteiger partial charge in [0.2, 0.25) is 0 Å². The fourth-order valence-electron chi connectivity index (χ4n) is 4.01. The van der Waals surface area contributed by atoms with Crippen molar-refractivity contribution >= 4 is 9.84 Å². The molecule has 1 N–H and O–H groups in total. The number of sulfone groups is 1. The standard InChI is InChI=1S/C15H27NO4S/c1-21(17,18)14-4-2-3-12(9-14)20-13-10-15(19-11-13)5-7-16-8-6-15/h12-14,16H,2-11H2,1H3. The maximum absolute atomic E-state index is 11.7. The van der Waals surface area contributed by atoms with E-state index in [0.717, 1.165) is 51.6 Å². The summed E-state index contributed by atoms with van der Waals surface area (Å²) in [6.45, 7) is 2.71. The van der Waals surface area contributed by atoms with Crippen molar-refractivity contribution in [1.82, 2.24) is 5.32 Å². The molecule has 2 heterocycles. The largest absolute Gasteiger partial charge is 0.372 e. The molecule has 1 saturated carbocycles. The second kappa shape index (κ2) is 6.14. The lowest BCUT2D eigenvalue weighted by atomic mass is 9.88. The molecule has 21 heavy (non-hydrogen) atoms. The van der Waals surface area contributed by atoms with Crippen LogP contribution in [0.5, 0.6) is 0 Å². The normalized spacial score (nSPS) is 36.9. The van der Waals surface area contributed by atoms with Gasteiger partial charge >= 0.3 is 0 Å². The molecule has 6 heteroatoms. The number of ether oxygens (including phenoxy) is 2. The zero-order valence-electron chi connectivity index (χ0n) is 12.8. The van der Waals surface area contributed by atoms with Gasteiger partial charge in [-0.1, -0.05) is 0 Å². The molecule has 2 saturated heterocycles. The summed E-state index contributed by atoms with van der Waals surface area (Å²) in [7, 11) is -2.94. The van der Waals surface area contributed by atoms with Crippen LogP contribution in [0.25, 0.3) is 0 Å². The Labute approximate surface area is 127 Å². The number of rotatable bonds is 3. The van der Waals surface area contributed by atoms with Crippen molar-refractivity contribution in [2.75, 3.05) is 26.0 Å². The van der Waals surface area contributed by atoms with E-state index in [2.05, 4.69) is 5.32 Å². The van der Waals surface area contributed by atoms with Gasteiger partial charge in [0, 0.05) is 12.7 Å². The van der Waals surface area contributed by atoms with Gasteiger partial charge in [-0.2, -0.15) is 0 Å². The van der Waals surface area contributed by atoms with Crippen LogP contribution in [-0.2, 0) is 19.3 Å². The summed E-state index contributed by atoms with van der Waals surface area (Å²) in [5.74, 6) is 0. The van der Waals surface area contributed by atoms with E-state index in [9.17, 15) is 8.42 Å². The number of piperidine rings is 1. The Balaban J connectivity index is 1.53. The summed E-state index contributed by atoms with van der Waals surface area (Å²) >= 11 is 0. The molecule has 3 aliphatic rings. The van der Waals surface area contributed by atoms with Gasteiger partial charge in [-0.15, -0.1) is 0 Å². The molecule has 2 aliphatic heterocycles. The molecular weight excluding hydrogens is 290 g/mol. The molecule has 3 fully saturated rings. The lowest BCUT2D eigenvalue weighted by Crippen LogP contribution is -2.42. The third kappa shape index (κ3) is 3.78. The van der Waals surface area contributed by atoms with E-state index in [1.165, 1.54) is 6.26 Å². The highest BCUT2D eigenvalue weighted by molar-refractivity contribution is 7.91. The van der Waals surface area contributed by atoms with Crippen LogP contribution in [0.2, 0.25) is 0 Å². The number of nitrogens with one attached hydrogen (secondary N) is 1. The topological polar surface area (TPSA) is 64.6 Å². The molecule has 0 aromatic rings. The molecule has 0 bridgehead atoms. The van der Waals surface area contributed by atoms with Crippen molar-refractivity contribution in [2.45, 2.75) is 68.0 Å². The maximum atomic E-state index is 11.7. The summed E-state index contributed by atoms with van der Waals surface area (Å²) in [6, 6.07) is 0. The van der Waals surface area contributed by atoms with Gasteiger partial charge in [0.15, 0.2) is 0 Å². The smallest absolute Gasteiger partial charge is 0.150 e. The van der Waals surface area contributed by atoms with Crippen LogP contribution < -0.4 is 5.32 Å². The molecule has 3 unspecified atom stereocenters. The SMILES string of the molecule is CS(=O)(=O)C1CCCC(OC2COC3(CCNCC3)C2)C1. The Bertz CT molecular complexity index is 458. The summed E-state index contributed by atoms with van der Waals surface area (Å²) in [5, 5.41) is 3.15. The molecule has 3 atom stereocenters. The van der Waals surface area contributed by atoms with E-state index >= 15 is 0 Å². The summed E-state index contributed by atoms with van der Waals surface area (Å²) in [4.78, 5) is 0. The third-order valence-electron chi connectivity index (χ3n) is 5.26. The minimum absolute atomic E-state index is 0.0147. The van der Waals surface area contributed by atoms with Gasteiger partial charge in [-0.25, -0.2) is 8.42 Å². The number of hydrogen-bond acceptors (Lipinski definition) is 5. The molecule has 3 rings (SSSR count). The predicted molar refractivity (Wildman–Crippen MR) is 81.2 cm³/mol. The quantitative estimate of drug-likeness (QED) is 0.849. The third-order valence-corrected chi connectivity index (χ3v) is 6.90. The molecule has 0 aromatic heterocycles. The minimum atomic E-state index is -2.94. The Morgan fingerprint density at radius 2 is 1.95 bits per heavy atom. The zero-order valence-corrected chi connectivity index (χ0v) is 13.7. The Morgan fingerprint density at radius 3 is 2.67 bits per heavy atom. The molecular formula is C15H27NO4S. The van der Waals surface area contributed by atoms with Crippen LogP contribution in [-0.4, -0.2) is 57.4 Å². The number of hydrogen-bond donors (Lipinski definition) is 1. The van der Waals surface area contributed by atoms with Gasteiger partial charge < -0.3 is 14.8 Å². The lowest BCUT2D eigenvalue weighted by molar-refractivity contribution is -0.0399. The average molecular weight is 317 g/mol. The fourth-order valence-corrected chi connectivity index (χ4v) is 5.17. The van der Waals surface area contributed by atoms with Crippen LogP contribution in [0.4, 0.5) is 0 Å². The molecule has 122 valence electrons. The van der Waals surface area contributed by atoms with Crippen LogP contribution in [0, 0.1) is 0 Å². The van der Waals surface area contributed by atoms with Crippen molar-refractivity contribution in [3.05, 3.63) is 0 Å². The summed E-state index contributed by atoms with van der Waals surface area (Å²) < 4.78 is 35.7. The van der Waals surface area contributed by atoms with E-state index < -0.39 is 9.84 Å². The van der Waals surface area contributed by atoms with Crippen molar-refractivity contribution < 1.29 is 17.9 Å². The second-order valence-corrected chi connectivity index (χ2v) is 9.27. The van der Waals surface area contributed by atoms with Crippen LogP contribution >= 0.6 is 0 Å². The fraction of sp³-hybridized carbons (Fsp3) is 1.00.